The molecule has 0 N–H and O–H groups in total. The molecule has 1 aliphatic heterocycles. The molecule has 1 saturated heterocycles. The van der Waals surface area contributed by atoms with Gasteiger partial charge in [-0.05, 0) is 20.8 Å². The van der Waals surface area contributed by atoms with Crippen molar-refractivity contribution in [1.29, 1.82) is 0 Å². The standard InChI is InChI=1S/C11H16N2O6/c1-11(2,3)18-10(17)12(6-7-14)19-13-8(15)4-5-9(13)16/h7H,4-6H2,1-3H3. The molecule has 106 valence electrons. The van der Waals surface area contributed by atoms with Gasteiger partial charge in [0.15, 0.2) is 0 Å². The maximum absolute atomic E-state index is 11.7. The fourth-order valence-corrected chi connectivity index (χ4v) is 1.27. The Morgan fingerprint density at radius 2 is 1.84 bits per heavy atom. The molecule has 1 rings (SSSR count). The molecule has 1 aliphatic rings. The molecule has 8 heteroatoms. The van der Waals surface area contributed by atoms with Crippen molar-refractivity contribution in [2.24, 2.45) is 0 Å². The summed E-state index contributed by atoms with van der Waals surface area (Å²) in [6.45, 7) is 4.45. The Hall–Kier alpha value is -1.96. The van der Waals surface area contributed by atoms with Crippen molar-refractivity contribution in [3.05, 3.63) is 0 Å². The van der Waals surface area contributed by atoms with E-state index in [0.717, 1.165) is 0 Å². The van der Waals surface area contributed by atoms with Crippen molar-refractivity contribution in [2.45, 2.75) is 39.2 Å². The highest BCUT2D eigenvalue weighted by Gasteiger charge is 2.35. The number of imide groups is 1. The number of hydrogen-bond donors (Lipinski definition) is 0. The van der Waals surface area contributed by atoms with Crippen LogP contribution in [0.4, 0.5) is 4.79 Å². The molecule has 1 fully saturated rings. The number of aldehydes is 1. The maximum atomic E-state index is 11.7. The lowest BCUT2D eigenvalue weighted by Gasteiger charge is -2.26. The number of hydroxylamine groups is 4. The van der Waals surface area contributed by atoms with Gasteiger partial charge in [0.25, 0.3) is 11.8 Å². The van der Waals surface area contributed by atoms with Crippen molar-refractivity contribution in [3.63, 3.8) is 0 Å². The van der Waals surface area contributed by atoms with Crippen LogP contribution in [-0.2, 0) is 24.1 Å². The molecule has 0 spiro atoms. The SMILES string of the molecule is CC(C)(C)OC(=O)N(CC=O)ON1C(=O)CCC1=O. The minimum absolute atomic E-state index is 0.0160. The summed E-state index contributed by atoms with van der Waals surface area (Å²) in [5.74, 6) is -1.13. The largest absolute Gasteiger partial charge is 0.442 e. The minimum Gasteiger partial charge on any atom is -0.442 e. The molecule has 0 aromatic heterocycles. The molecular weight excluding hydrogens is 256 g/mol. The highest BCUT2D eigenvalue weighted by molar-refractivity contribution is 6.00. The van der Waals surface area contributed by atoms with Crippen molar-refractivity contribution in [1.82, 2.24) is 10.1 Å². The third-order valence-corrected chi connectivity index (χ3v) is 2.02. The van der Waals surface area contributed by atoms with Gasteiger partial charge in [0, 0.05) is 12.8 Å². The lowest BCUT2D eigenvalue weighted by molar-refractivity contribution is -0.275. The predicted octanol–water partition coefficient (Wildman–Crippen LogP) is 0.418. The van der Waals surface area contributed by atoms with Crippen LogP contribution in [0.25, 0.3) is 0 Å². The molecule has 0 saturated carbocycles. The van der Waals surface area contributed by atoms with Crippen molar-refractivity contribution >= 4 is 24.2 Å². The highest BCUT2D eigenvalue weighted by Crippen LogP contribution is 2.15. The Balaban J connectivity index is 2.72. The zero-order chi connectivity index (χ0) is 14.6. The second kappa shape index (κ2) is 5.79. The summed E-state index contributed by atoms with van der Waals surface area (Å²) in [6.07, 6.45) is -0.522. The lowest BCUT2D eigenvalue weighted by Crippen LogP contribution is -2.44. The fourth-order valence-electron chi connectivity index (χ4n) is 1.27. The number of ether oxygens (including phenoxy) is 1. The van der Waals surface area contributed by atoms with E-state index in [-0.39, 0.29) is 12.8 Å². The summed E-state index contributed by atoms with van der Waals surface area (Å²) in [5, 5.41) is 0.993. The van der Waals surface area contributed by atoms with Gasteiger partial charge in [-0.1, -0.05) is 0 Å². The van der Waals surface area contributed by atoms with Crippen LogP contribution in [0.2, 0.25) is 0 Å². The van der Waals surface area contributed by atoms with Crippen LogP contribution in [0.1, 0.15) is 33.6 Å². The maximum Gasteiger partial charge on any atom is 0.436 e. The van der Waals surface area contributed by atoms with Crippen molar-refractivity contribution in [2.75, 3.05) is 6.54 Å². The average molecular weight is 272 g/mol. The van der Waals surface area contributed by atoms with Gasteiger partial charge in [-0.3, -0.25) is 9.59 Å². The number of hydrogen-bond acceptors (Lipinski definition) is 6. The van der Waals surface area contributed by atoms with E-state index in [4.69, 9.17) is 9.68 Å². The van der Waals surface area contributed by atoms with Crippen LogP contribution in [-0.4, -0.2) is 46.5 Å². The van der Waals surface area contributed by atoms with E-state index in [1.165, 1.54) is 0 Å². The summed E-state index contributed by atoms with van der Waals surface area (Å²) >= 11 is 0. The minimum atomic E-state index is -0.952. The van der Waals surface area contributed by atoms with Gasteiger partial charge in [0.2, 0.25) is 0 Å². The van der Waals surface area contributed by atoms with E-state index in [1.807, 2.05) is 0 Å². The summed E-state index contributed by atoms with van der Waals surface area (Å²) in [5.41, 5.74) is -0.791. The molecule has 0 radical (unpaired) electrons. The zero-order valence-corrected chi connectivity index (χ0v) is 11.0. The van der Waals surface area contributed by atoms with Crippen LogP contribution in [0.5, 0.6) is 0 Å². The van der Waals surface area contributed by atoms with Crippen LogP contribution >= 0.6 is 0 Å². The van der Waals surface area contributed by atoms with Gasteiger partial charge in [-0.15, -0.1) is 10.0 Å². The molecule has 1 heterocycles. The molecule has 0 unspecified atom stereocenters. The summed E-state index contributed by atoms with van der Waals surface area (Å²) in [4.78, 5) is 49.8. The Kier molecular flexibility index (Phi) is 4.60. The number of carbonyl (C=O) groups is 4. The topological polar surface area (TPSA) is 93.2 Å². The third kappa shape index (κ3) is 4.32. The summed E-state index contributed by atoms with van der Waals surface area (Å²) in [6, 6.07) is 0. The first-order valence-corrected chi connectivity index (χ1v) is 5.72. The van der Waals surface area contributed by atoms with E-state index < -0.39 is 30.1 Å². The van der Waals surface area contributed by atoms with Gasteiger partial charge < -0.3 is 9.53 Å². The van der Waals surface area contributed by atoms with Crippen LogP contribution in [0.3, 0.4) is 0 Å². The zero-order valence-electron chi connectivity index (χ0n) is 11.0. The molecule has 0 bridgehead atoms. The van der Waals surface area contributed by atoms with E-state index in [2.05, 4.69) is 0 Å². The van der Waals surface area contributed by atoms with Crippen molar-refractivity contribution in [3.8, 4) is 0 Å². The normalized spacial score (nSPS) is 15.6. The molecule has 8 nitrogen and oxygen atoms in total. The Morgan fingerprint density at radius 3 is 2.26 bits per heavy atom. The van der Waals surface area contributed by atoms with Gasteiger partial charge in [-0.2, -0.15) is 5.06 Å². The predicted molar refractivity (Wildman–Crippen MR) is 61.2 cm³/mol. The molecule has 0 aromatic rings. The Morgan fingerprint density at radius 1 is 1.32 bits per heavy atom. The highest BCUT2D eigenvalue weighted by atomic mass is 16.9. The lowest BCUT2D eigenvalue weighted by atomic mass is 10.2. The Labute approximate surface area is 110 Å². The fraction of sp³-hybridized carbons (Fsp3) is 0.636. The van der Waals surface area contributed by atoms with Crippen LogP contribution in [0, 0.1) is 0 Å². The van der Waals surface area contributed by atoms with Gasteiger partial charge >= 0.3 is 6.09 Å². The average Bonchev–Trinajstić information content (AvgIpc) is 2.57. The van der Waals surface area contributed by atoms with Crippen LogP contribution < -0.4 is 0 Å². The van der Waals surface area contributed by atoms with Crippen LogP contribution in [0.15, 0.2) is 0 Å². The molecule has 3 amide bonds. The number of rotatable bonds is 4. The first-order chi connectivity index (χ1) is 8.74. The number of amides is 3. The van der Waals surface area contributed by atoms with Crippen molar-refractivity contribution < 1.29 is 28.9 Å². The van der Waals surface area contributed by atoms with E-state index in [9.17, 15) is 19.2 Å². The quantitative estimate of drug-likeness (QED) is 0.418. The molecular formula is C11H16N2O6. The number of carbonyl (C=O) groups excluding carboxylic acids is 4. The monoisotopic (exact) mass is 272 g/mol. The third-order valence-electron chi connectivity index (χ3n) is 2.02. The molecule has 19 heavy (non-hydrogen) atoms. The second-order valence-corrected chi connectivity index (χ2v) is 4.87. The van der Waals surface area contributed by atoms with E-state index in [0.29, 0.717) is 16.4 Å². The Bertz CT molecular complexity index is 384. The molecule has 0 aromatic carbocycles. The second-order valence-electron chi connectivity index (χ2n) is 4.87. The van der Waals surface area contributed by atoms with Gasteiger partial charge in [0.1, 0.15) is 18.4 Å². The van der Waals surface area contributed by atoms with Gasteiger partial charge in [-0.25, -0.2) is 4.79 Å². The van der Waals surface area contributed by atoms with E-state index in [1.54, 1.807) is 20.8 Å². The number of nitrogens with zero attached hydrogens (tertiary/aromatic N) is 2. The molecule has 0 aliphatic carbocycles. The van der Waals surface area contributed by atoms with Gasteiger partial charge in [0.05, 0.1) is 0 Å². The first-order valence-electron chi connectivity index (χ1n) is 5.72. The van der Waals surface area contributed by atoms with E-state index >= 15 is 0 Å². The molecule has 0 atom stereocenters. The summed E-state index contributed by atoms with van der Waals surface area (Å²) < 4.78 is 4.99. The summed E-state index contributed by atoms with van der Waals surface area (Å²) in [7, 11) is 0. The smallest absolute Gasteiger partial charge is 0.436 e. The first kappa shape index (κ1) is 15.1.